The maximum atomic E-state index is 5.51. The van der Waals surface area contributed by atoms with Crippen molar-refractivity contribution in [2.45, 2.75) is 13.8 Å². The third kappa shape index (κ3) is 5.06. The van der Waals surface area contributed by atoms with Crippen LogP contribution in [0.25, 0.3) is 22.3 Å². The van der Waals surface area contributed by atoms with Gasteiger partial charge in [-0.25, -0.2) is 4.98 Å². The lowest BCUT2D eigenvalue weighted by Crippen LogP contribution is -2.24. The van der Waals surface area contributed by atoms with E-state index in [2.05, 4.69) is 20.0 Å². The summed E-state index contributed by atoms with van der Waals surface area (Å²) in [4.78, 5) is 16.2. The Kier molecular flexibility index (Phi) is 6.87. The molecule has 0 radical (unpaired) electrons. The van der Waals surface area contributed by atoms with Crippen LogP contribution in [0.1, 0.15) is 13.8 Å². The summed E-state index contributed by atoms with van der Waals surface area (Å²) in [6, 6.07) is 11.9. The van der Waals surface area contributed by atoms with E-state index in [1.54, 1.807) is 37.5 Å². The molecule has 0 N–H and O–H groups in total. The predicted octanol–water partition coefficient (Wildman–Crippen LogP) is 5.18. The Balaban J connectivity index is 1.82. The molecule has 2 heterocycles. The number of anilines is 2. The van der Waals surface area contributed by atoms with E-state index in [1.165, 1.54) is 0 Å². The highest BCUT2D eigenvalue weighted by molar-refractivity contribution is 5.91. The number of benzene rings is 2. The fourth-order valence-electron chi connectivity index (χ4n) is 3.61. The monoisotopic (exact) mass is 456 g/mol. The third-order valence-electron chi connectivity index (χ3n) is 5.32. The zero-order valence-corrected chi connectivity index (χ0v) is 20.1. The van der Waals surface area contributed by atoms with Gasteiger partial charge >= 0.3 is 0 Å². The Morgan fingerprint density at radius 1 is 1.03 bits per heavy atom. The van der Waals surface area contributed by atoms with Gasteiger partial charge in [0, 0.05) is 60.3 Å². The lowest BCUT2D eigenvalue weighted by molar-refractivity contribution is 0.394. The van der Waals surface area contributed by atoms with E-state index in [1.807, 2.05) is 69.6 Å². The highest BCUT2D eigenvalue weighted by Crippen LogP contribution is 2.34. The van der Waals surface area contributed by atoms with Crippen LogP contribution in [-0.2, 0) is 7.05 Å². The molecule has 0 unspecified atom stereocenters. The van der Waals surface area contributed by atoms with Crippen molar-refractivity contribution < 1.29 is 9.47 Å². The van der Waals surface area contributed by atoms with Crippen molar-refractivity contribution in [1.29, 1.82) is 0 Å². The van der Waals surface area contributed by atoms with E-state index in [-0.39, 0.29) is 0 Å². The Morgan fingerprint density at radius 3 is 2.44 bits per heavy atom. The summed E-state index contributed by atoms with van der Waals surface area (Å²) in [6.45, 7) is 4.52. The van der Waals surface area contributed by atoms with Crippen molar-refractivity contribution in [2.24, 2.45) is 12.0 Å². The Labute approximate surface area is 199 Å². The first-order chi connectivity index (χ1) is 16.5. The molecule has 4 rings (SSSR count). The van der Waals surface area contributed by atoms with Gasteiger partial charge in [-0.15, -0.1) is 0 Å². The summed E-state index contributed by atoms with van der Waals surface area (Å²) in [7, 11) is 5.18. The lowest BCUT2D eigenvalue weighted by atomic mass is 10.1. The van der Waals surface area contributed by atoms with E-state index in [9.17, 15) is 0 Å². The van der Waals surface area contributed by atoms with Crippen LogP contribution in [0.5, 0.6) is 11.5 Å². The molecule has 2 aromatic heterocycles. The van der Waals surface area contributed by atoms with Crippen molar-refractivity contribution in [2.75, 3.05) is 25.7 Å². The molecule has 174 valence electrons. The number of allylic oxidation sites excluding steroid dienone is 1. The van der Waals surface area contributed by atoms with Gasteiger partial charge in [-0.05, 0) is 32.0 Å². The van der Waals surface area contributed by atoms with Crippen molar-refractivity contribution in [3.63, 3.8) is 0 Å². The largest absolute Gasteiger partial charge is 0.497 e. The first-order valence-electron chi connectivity index (χ1n) is 10.9. The van der Waals surface area contributed by atoms with E-state index < -0.39 is 0 Å². The summed E-state index contributed by atoms with van der Waals surface area (Å²) >= 11 is 0. The van der Waals surface area contributed by atoms with Crippen LogP contribution in [0.4, 0.5) is 11.4 Å². The van der Waals surface area contributed by atoms with Gasteiger partial charge in [0.05, 0.1) is 49.9 Å². The normalized spacial score (nSPS) is 11.9. The molecule has 0 aliphatic heterocycles. The Hall–Kier alpha value is -4.20. The van der Waals surface area contributed by atoms with Gasteiger partial charge in [0.1, 0.15) is 11.5 Å². The molecule has 34 heavy (non-hydrogen) atoms. The molecule has 0 fully saturated rings. The first kappa shape index (κ1) is 23.0. The maximum Gasteiger partial charge on any atom is 0.124 e. The first-order valence-corrected chi connectivity index (χ1v) is 10.9. The molecule has 0 saturated carbocycles. The van der Waals surface area contributed by atoms with Crippen molar-refractivity contribution in [1.82, 2.24) is 19.7 Å². The second-order valence-electron chi connectivity index (χ2n) is 7.83. The number of ether oxygens (including phenoxy) is 2. The number of fused-ring (bicyclic) bond motifs is 1. The molecule has 0 aliphatic carbocycles. The van der Waals surface area contributed by atoms with Gasteiger partial charge in [-0.3, -0.25) is 14.7 Å². The molecule has 0 aliphatic rings. The highest BCUT2D eigenvalue weighted by Gasteiger charge is 2.15. The minimum absolute atomic E-state index is 0.571. The van der Waals surface area contributed by atoms with Gasteiger partial charge < -0.3 is 14.4 Å². The number of hydrogen-bond acceptors (Lipinski definition) is 7. The zero-order chi connectivity index (χ0) is 24.1. The van der Waals surface area contributed by atoms with E-state index in [0.717, 1.165) is 39.4 Å². The van der Waals surface area contributed by atoms with Gasteiger partial charge in [-0.1, -0.05) is 6.08 Å². The van der Waals surface area contributed by atoms with E-state index in [0.29, 0.717) is 18.0 Å². The maximum absolute atomic E-state index is 5.51. The Morgan fingerprint density at radius 2 is 1.79 bits per heavy atom. The summed E-state index contributed by atoms with van der Waals surface area (Å²) in [5.74, 6) is 1.42. The zero-order valence-electron chi connectivity index (χ0n) is 20.1. The van der Waals surface area contributed by atoms with Gasteiger partial charge in [0.2, 0.25) is 0 Å². The molecule has 8 nitrogen and oxygen atoms in total. The topological polar surface area (TPSA) is 77.7 Å². The second-order valence-corrected chi connectivity index (χ2v) is 7.83. The fraction of sp³-hybridized carbons (Fsp3) is 0.231. The number of aliphatic imine (C=N–C) groups is 1. The average Bonchev–Trinajstić information content (AvgIpc) is 3.31. The molecule has 0 atom stereocenters. The summed E-state index contributed by atoms with van der Waals surface area (Å²) in [6.07, 6.45) is 9.20. The number of aryl methyl sites for hydroxylation is 1. The minimum atomic E-state index is 0.571. The van der Waals surface area contributed by atoms with Crippen LogP contribution in [0.3, 0.4) is 0 Å². The van der Waals surface area contributed by atoms with Crippen LogP contribution >= 0.6 is 0 Å². The quantitative estimate of drug-likeness (QED) is 0.340. The molecular weight excluding hydrogens is 428 g/mol. The van der Waals surface area contributed by atoms with Crippen LogP contribution in [0, 0.1) is 0 Å². The molecular formula is C26H28N6O2. The number of rotatable bonds is 8. The number of hydrogen-bond donors (Lipinski definition) is 0. The summed E-state index contributed by atoms with van der Waals surface area (Å²) < 4.78 is 12.8. The van der Waals surface area contributed by atoms with E-state index in [4.69, 9.17) is 14.5 Å². The molecule has 0 spiro atoms. The van der Waals surface area contributed by atoms with Crippen molar-refractivity contribution in [3.8, 4) is 22.8 Å². The van der Waals surface area contributed by atoms with Crippen LogP contribution in [0.2, 0.25) is 0 Å². The fourth-order valence-corrected chi connectivity index (χ4v) is 3.61. The van der Waals surface area contributed by atoms with Crippen LogP contribution < -0.4 is 14.4 Å². The van der Waals surface area contributed by atoms with Crippen molar-refractivity contribution >= 4 is 28.1 Å². The third-order valence-corrected chi connectivity index (χ3v) is 5.32. The number of aromatic nitrogens is 4. The van der Waals surface area contributed by atoms with Gasteiger partial charge in [-0.2, -0.15) is 5.10 Å². The minimum Gasteiger partial charge on any atom is -0.497 e. The lowest BCUT2D eigenvalue weighted by Gasteiger charge is -2.26. The van der Waals surface area contributed by atoms with Gasteiger partial charge in [0.15, 0.2) is 0 Å². The summed E-state index contributed by atoms with van der Waals surface area (Å²) in [5.41, 5.74) is 6.14. The molecule has 0 bridgehead atoms. The molecule has 0 amide bonds. The molecule has 8 heteroatoms. The van der Waals surface area contributed by atoms with Crippen LogP contribution in [-0.4, -0.2) is 46.2 Å². The van der Waals surface area contributed by atoms with Gasteiger partial charge in [0.25, 0.3) is 0 Å². The smallest absolute Gasteiger partial charge is 0.124 e. The number of methoxy groups -OCH3 is 2. The SMILES string of the molecule is C/C=C\N=C(/C)CN(c1cc(OC)cc(OC)c1)c1ccc2ncc(-c3cnn(C)c3)nc2c1. The average molecular weight is 457 g/mol. The summed E-state index contributed by atoms with van der Waals surface area (Å²) in [5, 5.41) is 4.25. The number of nitrogens with zero attached hydrogens (tertiary/aromatic N) is 6. The van der Waals surface area contributed by atoms with Crippen molar-refractivity contribution in [3.05, 3.63) is 67.3 Å². The molecule has 4 aromatic rings. The highest BCUT2D eigenvalue weighted by atomic mass is 16.5. The molecule has 0 saturated heterocycles. The second kappa shape index (κ2) is 10.2. The predicted molar refractivity (Wildman–Crippen MR) is 136 cm³/mol. The standard InChI is InChI=1S/C26H28N6O2/c1-6-9-27-18(2)16-32(21-10-22(33-4)13-23(11-21)34-5)20-7-8-24-25(12-20)30-26(15-28-24)19-14-29-31(3)17-19/h6-15,17H,16H2,1-5H3/b9-6-,27-18+. The van der Waals surface area contributed by atoms with E-state index >= 15 is 0 Å². The van der Waals surface area contributed by atoms with Crippen LogP contribution in [0.15, 0.2) is 72.3 Å². The Bertz CT molecular complexity index is 1340. The molecule has 2 aromatic carbocycles.